The van der Waals surface area contributed by atoms with E-state index in [-0.39, 0.29) is 0 Å². The molecule has 0 N–H and O–H groups in total. The lowest BCUT2D eigenvalue weighted by Gasteiger charge is -2.27. The van der Waals surface area contributed by atoms with Crippen molar-refractivity contribution >= 4 is 17.9 Å². The molecule has 0 heterocycles. The smallest absolute Gasteiger partial charge is 0.0995 e. The van der Waals surface area contributed by atoms with E-state index < -0.39 is 7.26 Å². The maximum absolute atomic E-state index is 4.08. The molecular formula is C23H24P+. The van der Waals surface area contributed by atoms with Gasteiger partial charge in [0.25, 0.3) is 0 Å². The topological polar surface area (TPSA) is 0 Å². The molecule has 0 atom stereocenters. The Balaban J connectivity index is 2.16. The van der Waals surface area contributed by atoms with Gasteiger partial charge < -0.3 is 0 Å². The Hall–Kier alpha value is -2.17. The fourth-order valence-corrected chi connectivity index (χ4v) is 7.34. The first-order chi connectivity index (χ1) is 11.7. The molecule has 0 unspecified atom stereocenters. The Morgan fingerprint density at radius 2 is 1.38 bits per heavy atom. The molecule has 3 aromatic carbocycles. The molecule has 0 nitrogen and oxygen atoms in total. The van der Waals surface area contributed by atoms with Crippen molar-refractivity contribution in [1.82, 2.24) is 0 Å². The quantitative estimate of drug-likeness (QED) is 0.422. The molecule has 0 bridgehead atoms. The van der Waals surface area contributed by atoms with Crippen molar-refractivity contribution in [2.45, 2.75) is 13.1 Å². The summed E-state index contributed by atoms with van der Waals surface area (Å²) < 4.78 is 0. The van der Waals surface area contributed by atoms with Crippen molar-refractivity contribution in [3.05, 3.63) is 109 Å². The summed E-state index contributed by atoms with van der Waals surface area (Å²) in [5.74, 6) is 0. The van der Waals surface area contributed by atoms with Crippen LogP contribution in [0.15, 0.2) is 97.6 Å². The molecule has 0 fully saturated rings. The lowest BCUT2D eigenvalue weighted by molar-refractivity contribution is 1.33. The minimum Gasteiger partial charge on any atom is -0.0995 e. The van der Waals surface area contributed by atoms with Crippen molar-refractivity contribution in [2.75, 3.05) is 6.16 Å². The van der Waals surface area contributed by atoms with E-state index >= 15 is 0 Å². The fourth-order valence-electron chi connectivity index (χ4n) is 3.38. The fraction of sp³-hybridized carbons (Fsp3) is 0.130. The molecule has 0 spiro atoms. The van der Waals surface area contributed by atoms with Crippen LogP contribution in [0.4, 0.5) is 0 Å². The zero-order valence-corrected chi connectivity index (χ0v) is 15.1. The van der Waals surface area contributed by atoms with Crippen LogP contribution in [0.5, 0.6) is 0 Å². The third-order valence-electron chi connectivity index (χ3n) is 4.48. The predicted molar refractivity (Wildman–Crippen MR) is 109 cm³/mol. The Kier molecular flexibility index (Phi) is 5.28. The second-order valence-corrected chi connectivity index (χ2v) is 9.91. The summed E-state index contributed by atoms with van der Waals surface area (Å²) in [4.78, 5) is 0. The van der Waals surface area contributed by atoms with E-state index in [0.29, 0.717) is 0 Å². The summed E-state index contributed by atoms with van der Waals surface area (Å²) in [6.45, 7) is 6.25. The van der Waals surface area contributed by atoms with Gasteiger partial charge in [-0.15, -0.1) is 0 Å². The molecule has 0 aliphatic heterocycles. The van der Waals surface area contributed by atoms with E-state index in [0.717, 1.165) is 12.3 Å². The van der Waals surface area contributed by atoms with Gasteiger partial charge in [-0.05, 0) is 36.8 Å². The third kappa shape index (κ3) is 3.50. The predicted octanol–water partition coefficient (Wildman–Crippen LogP) is 5.35. The van der Waals surface area contributed by atoms with Gasteiger partial charge >= 0.3 is 0 Å². The second-order valence-electron chi connectivity index (χ2n) is 6.26. The molecule has 0 aliphatic carbocycles. The zero-order valence-electron chi connectivity index (χ0n) is 14.2. The van der Waals surface area contributed by atoms with Crippen molar-refractivity contribution in [3.8, 4) is 0 Å². The van der Waals surface area contributed by atoms with E-state index in [1.54, 1.807) is 0 Å². The van der Waals surface area contributed by atoms with Crippen LogP contribution in [0.25, 0.3) is 0 Å². The number of hydrogen-bond donors (Lipinski definition) is 0. The molecule has 24 heavy (non-hydrogen) atoms. The third-order valence-corrected chi connectivity index (χ3v) is 8.84. The SMILES string of the molecule is C=CC[P+](Cc1cccc(C)c1)(c1ccccc1)c1ccccc1. The van der Waals surface area contributed by atoms with Crippen LogP contribution in [0.3, 0.4) is 0 Å². The number of allylic oxidation sites excluding steroid dienone is 1. The standard InChI is InChI=1S/C23H24P/c1-3-17-24(22-13-6-4-7-14-22,23-15-8-5-9-16-23)19-21-12-10-11-20(2)18-21/h3-16,18H,1,17,19H2,2H3/q+1. The molecule has 1 heteroatoms. The first-order valence-corrected chi connectivity index (χ1v) is 10.6. The zero-order chi connectivity index (χ0) is 16.8. The van der Waals surface area contributed by atoms with Gasteiger partial charge in [0.15, 0.2) is 0 Å². The summed E-state index contributed by atoms with van der Waals surface area (Å²) >= 11 is 0. The molecule has 0 radical (unpaired) electrons. The van der Waals surface area contributed by atoms with Crippen molar-refractivity contribution in [3.63, 3.8) is 0 Å². The highest BCUT2D eigenvalue weighted by Gasteiger charge is 2.41. The Labute approximate surface area is 146 Å². The highest BCUT2D eigenvalue weighted by Crippen LogP contribution is 2.59. The molecule has 3 rings (SSSR count). The number of benzene rings is 3. The average Bonchev–Trinajstić information content (AvgIpc) is 2.63. The van der Waals surface area contributed by atoms with Gasteiger partial charge in [0.2, 0.25) is 0 Å². The van der Waals surface area contributed by atoms with Gasteiger partial charge in [-0.25, -0.2) is 0 Å². The highest BCUT2D eigenvalue weighted by atomic mass is 31.2. The first-order valence-electron chi connectivity index (χ1n) is 8.39. The summed E-state index contributed by atoms with van der Waals surface area (Å²) in [6.07, 6.45) is 4.20. The summed E-state index contributed by atoms with van der Waals surface area (Å²) in [5, 5.41) is 2.91. The van der Waals surface area contributed by atoms with Gasteiger partial charge in [-0.3, -0.25) is 0 Å². The molecule has 0 amide bonds. The molecule has 0 aromatic heterocycles. The molecule has 0 saturated carbocycles. The molecule has 0 aliphatic rings. The van der Waals surface area contributed by atoms with Crippen LogP contribution in [0.1, 0.15) is 11.1 Å². The lowest BCUT2D eigenvalue weighted by Crippen LogP contribution is -2.26. The second kappa shape index (κ2) is 7.60. The minimum absolute atomic E-state index is 1.02. The first kappa shape index (κ1) is 16.7. The molecule has 120 valence electrons. The maximum atomic E-state index is 4.08. The van der Waals surface area contributed by atoms with Crippen LogP contribution in [0.2, 0.25) is 0 Å². The monoisotopic (exact) mass is 331 g/mol. The summed E-state index contributed by atoms with van der Waals surface area (Å²) in [7, 11) is -1.56. The van der Waals surface area contributed by atoms with Crippen LogP contribution in [-0.4, -0.2) is 6.16 Å². The average molecular weight is 331 g/mol. The van der Waals surface area contributed by atoms with Crippen molar-refractivity contribution < 1.29 is 0 Å². The van der Waals surface area contributed by atoms with Gasteiger partial charge in [-0.2, -0.15) is 0 Å². The summed E-state index contributed by atoms with van der Waals surface area (Å²) in [5.41, 5.74) is 2.74. The Morgan fingerprint density at radius 1 is 0.792 bits per heavy atom. The van der Waals surface area contributed by atoms with Gasteiger partial charge in [-0.1, -0.05) is 78.9 Å². The molecule has 0 saturated heterocycles. The van der Waals surface area contributed by atoms with Crippen LogP contribution in [0, 0.1) is 6.92 Å². The van der Waals surface area contributed by atoms with Crippen LogP contribution < -0.4 is 10.6 Å². The number of hydrogen-bond acceptors (Lipinski definition) is 0. The minimum atomic E-state index is -1.56. The van der Waals surface area contributed by atoms with E-state index in [9.17, 15) is 0 Å². The lowest BCUT2D eigenvalue weighted by atomic mass is 10.2. The van der Waals surface area contributed by atoms with Crippen LogP contribution >= 0.6 is 7.26 Å². The normalized spacial score (nSPS) is 11.2. The van der Waals surface area contributed by atoms with Gasteiger partial charge in [0, 0.05) is 0 Å². The highest BCUT2D eigenvalue weighted by molar-refractivity contribution is 7.89. The van der Waals surface area contributed by atoms with Gasteiger partial charge in [0.1, 0.15) is 0 Å². The van der Waals surface area contributed by atoms with Crippen LogP contribution in [-0.2, 0) is 6.16 Å². The molecule has 3 aromatic rings. The largest absolute Gasteiger partial charge is 0.0998 e. The van der Waals surface area contributed by atoms with Gasteiger partial charge in [0.05, 0.1) is 30.2 Å². The van der Waals surface area contributed by atoms with E-state index in [1.807, 2.05) is 0 Å². The Bertz CT molecular complexity index is 751. The van der Waals surface area contributed by atoms with E-state index in [2.05, 4.69) is 105 Å². The van der Waals surface area contributed by atoms with E-state index in [4.69, 9.17) is 0 Å². The van der Waals surface area contributed by atoms with Crippen molar-refractivity contribution in [1.29, 1.82) is 0 Å². The Morgan fingerprint density at radius 3 is 1.88 bits per heavy atom. The number of aryl methyl sites for hydroxylation is 1. The molecular weight excluding hydrogens is 307 g/mol. The summed E-state index contributed by atoms with van der Waals surface area (Å²) in [6, 6.07) is 30.9. The maximum Gasteiger partial charge on any atom is 0.0998 e. The van der Waals surface area contributed by atoms with E-state index in [1.165, 1.54) is 21.7 Å². The van der Waals surface area contributed by atoms with Crippen molar-refractivity contribution in [2.24, 2.45) is 0 Å². The number of rotatable bonds is 6.